The van der Waals surface area contributed by atoms with Gasteiger partial charge in [0.05, 0.1) is 11.3 Å². The molecule has 0 fully saturated rings. The fraction of sp³-hybridized carbons (Fsp3) is 0. The second kappa shape index (κ2) is 4.23. The van der Waals surface area contributed by atoms with Crippen molar-refractivity contribution in [2.75, 3.05) is 0 Å². The van der Waals surface area contributed by atoms with E-state index < -0.39 is 5.63 Å². The summed E-state index contributed by atoms with van der Waals surface area (Å²) in [5, 5.41) is 20.7. The van der Waals surface area contributed by atoms with Crippen LogP contribution in [0.4, 0.5) is 0 Å². The first-order valence-electron chi connectivity index (χ1n) is 5.30. The largest absolute Gasteiger partial charge is 0.508 e. The van der Waals surface area contributed by atoms with E-state index in [-0.39, 0.29) is 5.75 Å². The van der Waals surface area contributed by atoms with Gasteiger partial charge in [0.2, 0.25) is 0 Å². The van der Waals surface area contributed by atoms with Gasteiger partial charge in [-0.25, -0.2) is 9.78 Å². The van der Waals surface area contributed by atoms with Crippen LogP contribution in [0.25, 0.3) is 22.2 Å². The predicted molar refractivity (Wildman–Crippen MR) is 70.0 cm³/mol. The molecule has 3 rings (SSSR count). The predicted octanol–water partition coefficient (Wildman–Crippen LogP) is 2.49. The lowest BCUT2D eigenvalue weighted by Crippen LogP contribution is -2.02. The van der Waals surface area contributed by atoms with Crippen molar-refractivity contribution in [2.45, 2.75) is 0 Å². The van der Waals surface area contributed by atoms with Crippen molar-refractivity contribution in [3.05, 3.63) is 45.1 Å². The molecule has 1 aromatic carbocycles. The van der Waals surface area contributed by atoms with Crippen LogP contribution in [-0.2, 0) is 0 Å². The number of hydrogen-bond acceptors (Lipinski definition) is 6. The Morgan fingerprint density at radius 2 is 2.21 bits per heavy atom. The smallest absolute Gasteiger partial charge is 0.345 e. The van der Waals surface area contributed by atoms with E-state index in [0.717, 1.165) is 0 Å². The summed E-state index contributed by atoms with van der Waals surface area (Å²) in [7, 11) is 0. The van der Waals surface area contributed by atoms with Gasteiger partial charge in [-0.3, -0.25) is 0 Å². The number of rotatable bonds is 1. The number of thiazole rings is 1. The monoisotopic (exact) mass is 270 g/mol. The van der Waals surface area contributed by atoms with Crippen molar-refractivity contribution >= 4 is 22.3 Å². The van der Waals surface area contributed by atoms with Crippen LogP contribution in [0.15, 0.2) is 38.9 Å². The molecule has 2 aromatic heterocycles. The summed E-state index contributed by atoms with van der Waals surface area (Å²) in [6.45, 7) is 0. The van der Waals surface area contributed by atoms with Crippen molar-refractivity contribution in [1.82, 2.24) is 4.98 Å². The van der Waals surface area contributed by atoms with E-state index in [1.807, 2.05) is 6.07 Å². The summed E-state index contributed by atoms with van der Waals surface area (Å²) >= 11 is 1.17. The van der Waals surface area contributed by atoms with Gasteiger partial charge >= 0.3 is 5.63 Å². The van der Waals surface area contributed by atoms with Crippen molar-refractivity contribution in [3.63, 3.8) is 0 Å². The molecule has 1 N–H and O–H groups in total. The topological polar surface area (TPSA) is 87.1 Å². The SMILES string of the molecule is N#Cc1nc(-c2cc3ccc(O)cc3oc2=O)cs1. The third kappa shape index (κ3) is 1.96. The third-order valence-electron chi connectivity index (χ3n) is 2.60. The first-order chi connectivity index (χ1) is 9.17. The molecule has 0 amide bonds. The molecule has 0 unspecified atom stereocenters. The molecule has 0 spiro atoms. The van der Waals surface area contributed by atoms with Crippen molar-refractivity contribution in [3.8, 4) is 23.1 Å². The van der Waals surface area contributed by atoms with Crippen LogP contribution < -0.4 is 5.63 Å². The molecule has 92 valence electrons. The van der Waals surface area contributed by atoms with Gasteiger partial charge in [-0.05, 0) is 18.2 Å². The first kappa shape index (κ1) is 11.4. The standard InChI is InChI=1S/C13H6N2O3S/c14-5-12-15-10(6-19-12)9-3-7-1-2-8(16)4-11(7)18-13(9)17/h1-4,6,16H. The van der Waals surface area contributed by atoms with Crippen LogP contribution in [0.3, 0.4) is 0 Å². The minimum Gasteiger partial charge on any atom is -0.508 e. The molecule has 0 aliphatic heterocycles. The molecule has 0 saturated heterocycles. The number of fused-ring (bicyclic) bond motifs is 1. The highest BCUT2D eigenvalue weighted by Gasteiger charge is 2.11. The van der Waals surface area contributed by atoms with E-state index in [1.165, 1.54) is 23.5 Å². The van der Waals surface area contributed by atoms with E-state index in [9.17, 15) is 9.90 Å². The summed E-state index contributed by atoms with van der Waals surface area (Å²) in [4.78, 5) is 15.9. The van der Waals surface area contributed by atoms with Gasteiger partial charge in [-0.1, -0.05) is 0 Å². The summed E-state index contributed by atoms with van der Waals surface area (Å²) < 4.78 is 5.14. The van der Waals surface area contributed by atoms with Crippen molar-refractivity contribution in [2.24, 2.45) is 0 Å². The number of phenols is 1. The Hall–Kier alpha value is -2.65. The Morgan fingerprint density at radius 1 is 1.37 bits per heavy atom. The van der Waals surface area contributed by atoms with Crippen LogP contribution >= 0.6 is 11.3 Å². The number of aromatic hydroxyl groups is 1. The Bertz CT molecular complexity index is 873. The number of aromatic nitrogens is 1. The normalized spacial score (nSPS) is 10.5. The van der Waals surface area contributed by atoms with Crippen molar-refractivity contribution < 1.29 is 9.52 Å². The number of nitriles is 1. The van der Waals surface area contributed by atoms with Crippen LogP contribution in [0.1, 0.15) is 5.01 Å². The van der Waals surface area contributed by atoms with Gasteiger partial charge < -0.3 is 9.52 Å². The zero-order valence-corrected chi connectivity index (χ0v) is 10.3. The maximum absolute atomic E-state index is 11.9. The molecule has 2 heterocycles. The molecule has 0 aliphatic carbocycles. The number of benzene rings is 1. The fourth-order valence-corrected chi connectivity index (χ4v) is 2.33. The molecule has 5 nitrogen and oxygen atoms in total. The molecule has 0 radical (unpaired) electrons. The summed E-state index contributed by atoms with van der Waals surface area (Å²) in [6.07, 6.45) is 0. The molecule has 0 saturated carbocycles. The Kier molecular flexibility index (Phi) is 2.54. The van der Waals surface area contributed by atoms with Gasteiger partial charge in [0.15, 0.2) is 5.01 Å². The minimum atomic E-state index is -0.548. The van der Waals surface area contributed by atoms with Gasteiger partial charge in [0, 0.05) is 16.8 Å². The van der Waals surface area contributed by atoms with E-state index in [4.69, 9.17) is 9.68 Å². The maximum atomic E-state index is 11.9. The van der Waals surface area contributed by atoms with E-state index in [2.05, 4.69) is 4.98 Å². The van der Waals surface area contributed by atoms with E-state index in [0.29, 0.717) is 27.2 Å². The van der Waals surface area contributed by atoms with Gasteiger partial charge in [0.1, 0.15) is 17.4 Å². The van der Waals surface area contributed by atoms with Crippen LogP contribution in [0, 0.1) is 11.3 Å². The van der Waals surface area contributed by atoms with Gasteiger partial charge in [-0.15, -0.1) is 11.3 Å². The molecule has 0 bridgehead atoms. The second-order valence-electron chi connectivity index (χ2n) is 3.82. The first-order valence-corrected chi connectivity index (χ1v) is 6.18. The van der Waals surface area contributed by atoms with E-state index >= 15 is 0 Å². The molecule has 0 aliphatic rings. The molecule has 19 heavy (non-hydrogen) atoms. The van der Waals surface area contributed by atoms with Crippen LogP contribution in [0.5, 0.6) is 5.75 Å². The van der Waals surface area contributed by atoms with E-state index in [1.54, 1.807) is 17.5 Å². The van der Waals surface area contributed by atoms with Gasteiger partial charge in [0.25, 0.3) is 0 Å². The zero-order chi connectivity index (χ0) is 13.4. The number of phenolic OH excluding ortho intramolecular Hbond substituents is 1. The van der Waals surface area contributed by atoms with Crippen LogP contribution in [-0.4, -0.2) is 10.1 Å². The molecule has 3 aromatic rings. The second-order valence-corrected chi connectivity index (χ2v) is 4.68. The number of hydrogen-bond donors (Lipinski definition) is 1. The summed E-state index contributed by atoms with van der Waals surface area (Å²) in [6, 6.07) is 8.09. The quantitative estimate of drug-likeness (QED) is 0.686. The average molecular weight is 270 g/mol. The Labute approximate surface area is 111 Å². The Morgan fingerprint density at radius 3 is 2.95 bits per heavy atom. The highest BCUT2D eigenvalue weighted by atomic mass is 32.1. The highest BCUT2D eigenvalue weighted by Crippen LogP contribution is 2.24. The van der Waals surface area contributed by atoms with Crippen LogP contribution in [0.2, 0.25) is 0 Å². The van der Waals surface area contributed by atoms with Gasteiger partial charge in [-0.2, -0.15) is 5.26 Å². The lowest BCUT2D eigenvalue weighted by molar-refractivity contribution is 0.473. The highest BCUT2D eigenvalue weighted by molar-refractivity contribution is 7.10. The maximum Gasteiger partial charge on any atom is 0.345 e. The van der Waals surface area contributed by atoms with Crippen molar-refractivity contribution in [1.29, 1.82) is 5.26 Å². The molecular weight excluding hydrogens is 264 g/mol. The summed E-state index contributed by atoms with van der Waals surface area (Å²) in [5.74, 6) is 0.0313. The molecule has 6 heteroatoms. The molecular formula is C13H6N2O3S. The zero-order valence-electron chi connectivity index (χ0n) is 9.45. The minimum absolute atomic E-state index is 0.0313. The third-order valence-corrected chi connectivity index (χ3v) is 3.34. The Balaban J connectivity index is 2.25. The summed E-state index contributed by atoms with van der Waals surface area (Å²) in [5.41, 5.74) is 0.485. The average Bonchev–Trinajstić information content (AvgIpc) is 2.86. The lowest BCUT2D eigenvalue weighted by Gasteiger charge is -2.00. The number of nitrogens with zero attached hydrogens (tertiary/aromatic N) is 2. The molecule has 0 atom stereocenters. The fourth-order valence-electron chi connectivity index (χ4n) is 1.73. The lowest BCUT2D eigenvalue weighted by atomic mass is 10.1.